The Morgan fingerprint density at radius 3 is 2.84 bits per heavy atom. The summed E-state index contributed by atoms with van der Waals surface area (Å²) in [5, 5.41) is 4.55. The Bertz CT molecular complexity index is 915. The van der Waals surface area contributed by atoms with Crippen molar-refractivity contribution in [3.05, 3.63) is 35.2 Å². The molecule has 25 heavy (non-hydrogen) atoms. The Kier molecular flexibility index (Phi) is 3.88. The zero-order valence-corrected chi connectivity index (χ0v) is 14.9. The van der Waals surface area contributed by atoms with Gasteiger partial charge < -0.3 is 18.8 Å². The summed E-state index contributed by atoms with van der Waals surface area (Å²) in [5.74, 6) is 0.768. The van der Waals surface area contributed by atoms with Crippen LogP contribution in [-0.4, -0.2) is 41.6 Å². The summed E-state index contributed by atoms with van der Waals surface area (Å²) >= 11 is 0. The topological polar surface area (TPSA) is 65.6 Å². The molecule has 132 valence electrons. The van der Waals surface area contributed by atoms with E-state index in [1.807, 2.05) is 36.9 Å². The molecule has 0 bridgehead atoms. The van der Waals surface area contributed by atoms with Crippen LogP contribution >= 0.6 is 0 Å². The number of hydrogen-bond acceptors (Lipinski definition) is 6. The van der Waals surface area contributed by atoms with Gasteiger partial charge in [0.15, 0.2) is 5.58 Å². The van der Waals surface area contributed by atoms with E-state index >= 15 is 0 Å². The molecule has 1 atom stereocenters. The van der Waals surface area contributed by atoms with Gasteiger partial charge in [0.25, 0.3) is 6.01 Å². The van der Waals surface area contributed by atoms with Crippen molar-refractivity contribution in [2.45, 2.75) is 19.9 Å². The average Bonchev–Trinajstić information content (AvgIpc) is 3.15. The van der Waals surface area contributed by atoms with Crippen molar-refractivity contribution in [2.75, 3.05) is 31.8 Å². The first kappa shape index (κ1) is 16.0. The molecule has 1 aliphatic rings. The van der Waals surface area contributed by atoms with Gasteiger partial charge in [-0.05, 0) is 26.0 Å². The highest BCUT2D eigenvalue weighted by Crippen LogP contribution is 2.34. The first-order valence-electron chi connectivity index (χ1n) is 8.37. The van der Waals surface area contributed by atoms with E-state index in [1.165, 1.54) is 5.56 Å². The van der Waals surface area contributed by atoms with E-state index in [1.54, 1.807) is 7.11 Å². The summed E-state index contributed by atoms with van der Waals surface area (Å²) in [5.41, 5.74) is 4.87. The molecule has 2 aromatic heterocycles. The minimum absolute atomic E-state index is 0.0393. The Labute approximate surface area is 146 Å². The van der Waals surface area contributed by atoms with Crippen LogP contribution in [0.1, 0.15) is 23.0 Å². The summed E-state index contributed by atoms with van der Waals surface area (Å²) in [4.78, 5) is 6.86. The van der Waals surface area contributed by atoms with Gasteiger partial charge in [-0.2, -0.15) is 10.1 Å². The molecule has 0 aliphatic carbocycles. The second-order valence-corrected chi connectivity index (χ2v) is 6.32. The Balaban J connectivity index is 1.76. The standard InChI is InChI=1S/C18H22N4O3/c1-11-17(12(2)21(3)20-11)15-10-24-8-7-22(15)18-19-14-9-13(23-4)5-6-16(14)25-18/h5-6,9,15H,7-8,10H2,1-4H3. The van der Waals surface area contributed by atoms with Gasteiger partial charge in [-0.25, -0.2) is 0 Å². The molecule has 0 N–H and O–H groups in total. The van der Waals surface area contributed by atoms with Crippen molar-refractivity contribution < 1.29 is 13.9 Å². The second-order valence-electron chi connectivity index (χ2n) is 6.32. The highest BCUT2D eigenvalue weighted by Gasteiger charge is 2.32. The second kappa shape index (κ2) is 6.07. The molecule has 0 saturated carbocycles. The van der Waals surface area contributed by atoms with Gasteiger partial charge in [-0.1, -0.05) is 0 Å². The fourth-order valence-corrected chi connectivity index (χ4v) is 3.49. The molecule has 0 amide bonds. The van der Waals surface area contributed by atoms with Crippen LogP contribution in [0.25, 0.3) is 11.1 Å². The molecule has 0 spiro atoms. The normalized spacial score (nSPS) is 18.1. The summed E-state index contributed by atoms with van der Waals surface area (Å²) in [7, 11) is 3.61. The van der Waals surface area contributed by atoms with Crippen LogP contribution in [0.4, 0.5) is 6.01 Å². The Morgan fingerprint density at radius 1 is 1.28 bits per heavy atom. The average molecular weight is 342 g/mol. The molecule has 3 aromatic rings. The van der Waals surface area contributed by atoms with Crippen molar-refractivity contribution >= 4 is 17.1 Å². The minimum atomic E-state index is 0.0393. The molecular weight excluding hydrogens is 320 g/mol. The summed E-state index contributed by atoms with van der Waals surface area (Å²) in [6, 6.07) is 6.30. The van der Waals surface area contributed by atoms with Crippen LogP contribution in [0, 0.1) is 13.8 Å². The molecule has 1 fully saturated rings. The number of aromatic nitrogens is 3. The van der Waals surface area contributed by atoms with Crippen LogP contribution in [0.2, 0.25) is 0 Å². The Morgan fingerprint density at radius 2 is 2.12 bits per heavy atom. The molecule has 1 saturated heterocycles. The lowest BCUT2D eigenvalue weighted by Gasteiger charge is -2.34. The van der Waals surface area contributed by atoms with Crippen molar-refractivity contribution in [3.8, 4) is 5.75 Å². The number of rotatable bonds is 3. The largest absolute Gasteiger partial charge is 0.497 e. The molecule has 1 aliphatic heterocycles. The third-order valence-electron chi connectivity index (χ3n) is 4.86. The van der Waals surface area contributed by atoms with Gasteiger partial charge in [0.2, 0.25) is 0 Å². The number of benzene rings is 1. The number of hydrogen-bond donors (Lipinski definition) is 0. The Hall–Kier alpha value is -2.54. The monoisotopic (exact) mass is 342 g/mol. The molecule has 3 heterocycles. The highest BCUT2D eigenvalue weighted by atomic mass is 16.5. The molecule has 1 unspecified atom stereocenters. The third kappa shape index (κ3) is 2.64. The van der Waals surface area contributed by atoms with Gasteiger partial charge in [0.1, 0.15) is 11.3 Å². The SMILES string of the molecule is COc1ccc2oc(N3CCOCC3c3c(C)nn(C)c3C)nc2c1. The predicted octanol–water partition coefficient (Wildman–Crippen LogP) is 2.76. The maximum Gasteiger partial charge on any atom is 0.299 e. The fourth-order valence-electron chi connectivity index (χ4n) is 3.49. The van der Waals surface area contributed by atoms with Crippen molar-refractivity contribution in [1.82, 2.24) is 14.8 Å². The van der Waals surface area contributed by atoms with Gasteiger partial charge in [0, 0.05) is 30.9 Å². The van der Waals surface area contributed by atoms with Gasteiger partial charge in [-0.3, -0.25) is 4.68 Å². The van der Waals surface area contributed by atoms with Crippen molar-refractivity contribution in [2.24, 2.45) is 7.05 Å². The summed E-state index contributed by atoms with van der Waals surface area (Å²) in [6.07, 6.45) is 0. The third-order valence-corrected chi connectivity index (χ3v) is 4.86. The van der Waals surface area contributed by atoms with E-state index in [9.17, 15) is 0 Å². The zero-order valence-electron chi connectivity index (χ0n) is 14.9. The lowest BCUT2D eigenvalue weighted by Crippen LogP contribution is -2.40. The van der Waals surface area contributed by atoms with Crippen LogP contribution < -0.4 is 9.64 Å². The van der Waals surface area contributed by atoms with E-state index in [4.69, 9.17) is 13.9 Å². The van der Waals surface area contributed by atoms with Crippen molar-refractivity contribution in [3.63, 3.8) is 0 Å². The lowest BCUT2D eigenvalue weighted by molar-refractivity contribution is 0.0910. The van der Waals surface area contributed by atoms with E-state index in [-0.39, 0.29) is 6.04 Å². The quantitative estimate of drug-likeness (QED) is 0.729. The summed E-state index contributed by atoms with van der Waals surface area (Å²) < 4.78 is 19.0. The van der Waals surface area contributed by atoms with Crippen LogP contribution in [0.15, 0.2) is 22.6 Å². The molecule has 7 nitrogen and oxygen atoms in total. The van der Waals surface area contributed by atoms with Gasteiger partial charge in [0.05, 0.1) is 32.1 Å². The van der Waals surface area contributed by atoms with Crippen molar-refractivity contribution in [1.29, 1.82) is 0 Å². The number of fused-ring (bicyclic) bond motifs is 1. The number of aryl methyl sites for hydroxylation is 2. The smallest absolute Gasteiger partial charge is 0.299 e. The fraction of sp³-hybridized carbons (Fsp3) is 0.444. The first-order valence-corrected chi connectivity index (χ1v) is 8.37. The number of ether oxygens (including phenoxy) is 2. The van der Waals surface area contributed by atoms with Crippen LogP contribution in [-0.2, 0) is 11.8 Å². The molecule has 1 aromatic carbocycles. The lowest BCUT2D eigenvalue weighted by atomic mass is 10.0. The number of methoxy groups -OCH3 is 1. The molecule has 4 rings (SSSR count). The maximum absolute atomic E-state index is 6.02. The van der Waals surface area contributed by atoms with E-state index in [0.717, 1.165) is 34.8 Å². The van der Waals surface area contributed by atoms with Crippen LogP contribution in [0.3, 0.4) is 0 Å². The molecular formula is C18H22N4O3. The van der Waals surface area contributed by atoms with E-state index < -0.39 is 0 Å². The minimum Gasteiger partial charge on any atom is -0.497 e. The number of oxazole rings is 1. The van der Waals surface area contributed by atoms with E-state index in [0.29, 0.717) is 19.2 Å². The predicted molar refractivity (Wildman–Crippen MR) is 94.1 cm³/mol. The number of morpholine rings is 1. The number of anilines is 1. The highest BCUT2D eigenvalue weighted by molar-refractivity contribution is 5.76. The maximum atomic E-state index is 6.02. The molecule has 7 heteroatoms. The zero-order chi connectivity index (χ0) is 17.6. The van der Waals surface area contributed by atoms with Gasteiger partial charge >= 0.3 is 0 Å². The first-order chi connectivity index (χ1) is 12.1. The van der Waals surface area contributed by atoms with Gasteiger partial charge in [-0.15, -0.1) is 0 Å². The summed E-state index contributed by atoms with van der Waals surface area (Å²) in [6.45, 7) is 6.08. The molecule has 0 radical (unpaired) electrons. The van der Waals surface area contributed by atoms with Crippen LogP contribution in [0.5, 0.6) is 5.75 Å². The number of nitrogens with zero attached hydrogens (tertiary/aromatic N) is 4. The van der Waals surface area contributed by atoms with E-state index in [2.05, 4.69) is 21.9 Å².